The van der Waals surface area contributed by atoms with Crippen molar-refractivity contribution in [2.24, 2.45) is 11.5 Å². The van der Waals surface area contributed by atoms with Gasteiger partial charge >= 0.3 is 17.9 Å². The van der Waals surface area contributed by atoms with Crippen LogP contribution in [-0.2, 0) is 40.0 Å². The third-order valence-electron chi connectivity index (χ3n) is 4.95. The fraction of sp³-hybridized carbons (Fsp3) is 0.409. The van der Waals surface area contributed by atoms with Crippen LogP contribution in [0.1, 0.15) is 31.2 Å². The topological polar surface area (TPSA) is 268 Å². The molecule has 0 radical (unpaired) electrons. The molecule has 37 heavy (non-hydrogen) atoms. The monoisotopic (exact) mass is 523 g/mol. The van der Waals surface area contributed by atoms with E-state index in [-0.39, 0.29) is 6.42 Å². The second-order valence-corrected chi connectivity index (χ2v) is 8.02. The first-order valence-electron chi connectivity index (χ1n) is 11.0. The van der Waals surface area contributed by atoms with Crippen LogP contribution in [-0.4, -0.2) is 81.0 Å². The van der Waals surface area contributed by atoms with Crippen LogP contribution in [0.5, 0.6) is 0 Å². The molecule has 0 spiro atoms. The number of hydrogen-bond acceptors (Lipinski definition) is 8. The third kappa shape index (κ3) is 11.6. The van der Waals surface area contributed by atoms with Gasteiger partial charge in [0.1, 0.15) is 18.1 Å². The minimum absolute atomic E-state index is 0.113. The summed E-state index contributed by atoms with van der Waals surface area (Å²) in [4.78, 5) is 82.7. The summed E-state index contributed by atoms with van der Waals surface area (Å²) >= 11 is 0. The highest BCUT2D eigenvalue weighted by molar-refractivity contribution is 5.96. The zero-order valence-electron chi connectivity index (χ0n) is 19.6. The number of nitrogens with two attached hydrogens (primary N) is 2. The molecule has 0 bridgehead atoms. The van der Waals surface area contributed by atoms with Crippen LogP contribution in [0.2, 0.25) is 0 Å². The Labute approximate surface area is 210 Å². The number of carboxylic acid groups (broad SMARTS) is 3. The highest BCUT2D eigenvalue weighted by atomic mass is 16.4. The molecule has 0 heterocycles. The smallest absolute Gasteiger partial charge is 0.326 e. The molecule has 0 aliphatic rings. The second kappa shape index (κ2) is 14.8. The summed E-state index contributed by atoms with van der Waals surface area (Å²) in [5, 5.41) is 33.7. The Balaban J connectivity index is 3.04. The number of hydrogen-bond donors (Lipinski definition) is 8. The Hall–Kier alpha value is -4.53. The number of carboxylic acids is 3. The average Bonchev–Trinajstić information content (AvgIpc) is 2.80. The summed E-state index contributed by atoms with van der Waals surface area (Å²) in [6.07, 6.45) is -2.70. The van der Waals surface area contributed by atoms with Gasteiger partial charge in [0.2, 0.25) is 23.6 Å². The molecular formula is C22H29N5O10. The van der Waals surface area contributed by atoms with Gasteiger partial charge in [0.15, 0.2) is 0 Å². The van der Waals surface area contributed by atoms with E-state index in [1.807, 2.05) is 0 Å². The minimum Gasteiger partial charge on any atom is -0.481 e. The lowest BCUT2D eigenvalue weighted by atomic mass is 10.0. The Morgan fingerprint density at radius 1 is 0.730 bits per heavy atom. The van der Waals surface area contributed by atoms with E-state index in [9.17, 15) is 38.7 Å². The molecule has 10 N–H and O–H groups in total. The van der Waals surface area contributed by atoms with E-state index in [2.05, 4.69) is 16.0 Å². The Bertz CT molecular complexity index is 1020. The molecule has 0 saturated carbocycles. The van der Waals surface area contributed by atoms with Crippen molar-refractivity contribution in [3.8, 4) is 0 Å². The highest BCUT2D eigenvalue weighted by Gasteiger charge is 2.31. The molecule has 4 atom stereocenters. The molecule has 4 unspecified atom stereocenters. The van der Waals surface area contributed by atoms with Crippen molar-refractivity contribution in [2.75, 3.05) is 0 Å². The number of amides is 4. The predicted molar refractivity (Wildman–Crippen MR) is 124 cm³/mol. The molecule has 1 rings (SSSR count). The lowest BCUT2D eigenvalue weighted by Crippen LogP contribution is -2.58. The number of aliphatic carboxylic acids is 3. The molecule has 0 aliphatic carbocycles. The van der Waals surface area contributed by atoms with E-state index >= 15 is 0 Å². The number of rotatable bonds is 16. The van der Waals surface area contributed by atoms with Crippen molar-refractivity contribution in [3.05, 3.63) is 35.9 Å². The van der Waals surface area contributed by atoms with Gasteiger partial charge in [-0.05, 0) is 12.0 Å². The summed E-state index contributed by atoms with van der Waals surface area (Å²) in [6.45, 7) is 0. The number of carbonyl (C=O) groups excluding carboxylic acids is 4. The Morgan fingerprint density at radius 3 is 1.78 bits per heavy atom. The maximum absolute atomic E-state index is 12.8. The summed E-state index contributed by atoms with van der Waals surface area (Å²) in [7, 11) is 0. The van der Waals surface area contributed by atoms with E-state index in [1.165, 1.54) is 0 Å². The zero-order chi connectivity index (χ0) is 28.1. The van der Waals surface area contributed by atoms with Gasteiger partial charge in [-0.25, -0.2) is 4.79 Å². The fourth-order valence-electron chi connectivity index (χ4n) is 3.10. The van der Waals surface area contributed by atoms with Gasteiger partial charge in [0.05, 0.1) is 18.9 Å². The number of primary amides is 1. The molecule has 1 aromatic carbocycles. The van der Waals surface area contributed by atoms with E-state index in [0.29, 0.717) is 5.56 Å². The summed E-state index contributed by atoms with van der Waals surface area (Å²) in [5.41, 5.74) is 11.2. The van der Waals surface area contributed by atoms with Crippen LogP contribution >= 0.6 is 0 Å². The van der Waals surface area contributed by atoms with Crippen LogP contribution in [0.15, 0.2) is 30.3 Å². The maximum Gasteiger partial charge on any atom is 0.326 e. The third-order valence-corrected chi connectivity index (χ3v) is 4.95. The quantitative estimate of drug-likeness (QED) is 0.110. The SMILES string of the molecule is NC(=O)CC(NC(=O)C(CCC(=O)O)NC(=O)C(N)CC(=O)O)C(=O)NC(Cc1ccccc1)C(=O)O. The van der Waals surface area contributed by atoms with Gasteiger partial charge in [-0.3, -0.25) is 28.8 Å². The van der Waals surface area contributed by atoms with E-state index in [1.54, 1.807) is 30.3 Å². The van der Waals surface area contributed by atoms with Gasteiger partial charge in [0.25, 0.3) is 0 Å². The summed E-state index contributed by atoms with van der Waals surface area (Å²) in [5.74, 6) is -8.37. The minimum atomic E-state index is -1.67. The van der Waals surface area contributed by atoms with Crippen molar-refractivity contribution in [3.63, 3.8) is 0 Å². The summed E-state index contributed by atoms with van der Waals surface area (Å²) < 4.78 is 0. The lowest BCUT2D eigenvalue weighted by Gasteiger charge is -2.24. The predicted octanol–water partition coefficient (Wildman–Crippen LogP) is -2.69. The van der Waals surface area contributed by atoms with Crippen LogP contribution in [0.25, 0.3) is 0 Å². The number of benzene rings is 1. The van der Waals surface area contributed by atoms with E-state index in [0.717, 1.165) is 0 Å². The van der Waals surface area contributed by atoms with Crippen molar-refractivity contribution < 1.29 is 48.9 Å². The van der Waals surface area contributed by atoms with Crippen LogP contribution in [0.4, 0.5) is 0 Å². The van der Waals surface area contributed by atoms with Crippen molar-refractivity contribution in [1.29, 1.82) is 0 Å². The maximum atomic E-state index is 12.8. The van der Waals surface area contributed by atoms with Crippen LogP contribution < -0.4 is 27.4 Å². The molecule has 15 heteroatoms. The lowest BCUT2D eigenvalue weighted by molar-refractivity contribution is -0.142. The normalized spacial score (nSPS) is 13.8. The van der Waals surface area contributed by atoms with Gasteiger partial charge in [0, 0.05) is 12.8 Å². The number of nitrogens with one attached hydrogen (secondary N) is 3. The van der Waals surface area contributed by atoms with Gasteiger partial charge in [-0.1, -0.05) is 30.3 Å². The molecule has 4 amide bonds. The zero-order valence-corrected chi connectivity index (χ0v) is 19.6. The first-order valence-corrected chi connectivity index (χ1v) is 11.0. The number of carbonyl (C=O) groups is 7. The first kappa shape index (κ1) is 30.5. The Morgan fingerprint density at radius 2 is 1.27 bits per heavy atom. The molecule has 15 nitrogen and oxygen atoms in total. The highest BCUT2D eigenvalue weighted by Crippen LogP contribution is 2.06. The van der Waals surface area contributed by atoms with Gasteiger partial charge in [-0.2, -0.15) is 0 Å². The molecule has 0 aliphatic heterocycles. The molecule has 202 valence electrons. The van der Waals surface area contributed by atoms with E-state index < -0.39 is 91.4 Å². The standard InChI is InChI=1S/C22H29N5O10/c23-12(9-18(31)32)19(33)25-13(6-7-17(29)30)20(34)26-14(10-16(24)28)21(35)27-15(22(36)37)8-11-4-2-1-3-5-11/h1-5,12-15H,6-10,23H2,(H2,24,28)(H,25,33)(H,26,34)(H,27,35)(H,29,30)(H,31,32)(H,36,37). The largest absolute Gasteiger partial charge is 0.481 e. The molecule has 1 aromatic rings. The van der Waals surface area contributed by atoms with Crippen LogP contribution in [0.3, 0.4) is 0 Å². The van der Waals surface area contributed by atoms with Crippen LogP contribution in [0, 0.1) is 0 Å². The first-order chi connectivity index (χ1) is 17.3. The van der Waals surface area contributed by atoms with E-state index in [4.69, 9.17) is 21.7 Å². The molecule has 0 fully saturated rings. The van der Waals surface area contributed by atoms with Gasteiger partial charge in [-0.15, -0.1) is 0 Å². The van der Waals surface area contributed by atoms with Gasteiger partial charge < -0.3 is 42.7 Å². The molecular weight excluding hydrogens is 494 g/mol. The van der Waals surface area contributed by atoms with Crippen molar-refractivity contribution in [1.82, 2.24) is 16.0 Å². The van der Waals surface area contributed by atoms with Crippen molar-refractivity contribution >= 4 is 41.5 Å². The second-order valence-electron chi connectivity index (χ2n) is 8.02. The molecule has 0 aromatic heterocycles. The Kier molecular flexibility index (Phi) is 12.2. The van der Waals surface area contributed by atoms with Crippen molar-refractivity contribution in [2.45, 2.75) is 56.3 Å². The average molecular weight is 523 g/mol. The molecule has 0 saturated heterocycles. The fourth-order valence-corrected chi connectivity index (χ4v) is 3.10. The summed E-state index contributed by atoms with van der Waals surface area (Å²) in [6, 6.07) is 2.08.